The van der Waals surface area contributed by atoms with Gasteiger partial charge in [-0.05, 0) is 11.8 Å². The van der Waals surface area contributed by atoms with E-state index in [1.54, 1.807) is 0 Å². The summed E-state index contributed by atoms with van der Waals surface area (Å²) in [6.45, 7) is 14.3. The lowest BCUT2D eigenvalue weighted by Gasteiger charge is -2.24. The lowest BCUT2D eigenvalue weighted by atomic mass is 10.2. The molecule has 146 valence electrons. The Morgan fingerprint density at radius 2 is 1.20 bits per heavy atom. The van der Waals surface area contributed by atoms with E-state index in [-0.39, 0.29) is 11.9 Å². The van der Waals surface area contributed by atoms with Gasteiger partial charge in [-0.15, -0.1) is 0 Å². The number of nitrogens with one attached hydrogen (secondary N) is 1. The van der Waals surface area contributed by atoms with Crippen LogP contribution in [0.25, 0.3) is 0 Å². The Morgan fingerprint density at radius 1 is 0.800 bits per heavy atom. The van der Waals surface area contributed by atoms with Gasteiger partial charge in [-0.3, -0.25) is 19.4 Å². The van der Waals surface area contributed by atoms with Crippen LogP contribution < -0.4 is 5.32 Å². The van der Waals surface area contributed by atoms with Crippen molar-refractivity contribution in [3.63, 3.8) is 0 Å². The van der Waals surface area contributed by atoms with Crippen molar-refractivity contribution in [3.05, 3.63) is 0 Å². The quantitative estimate of drug-likeness (QED) is 0.638. The number of nitrogens with zero attached hydrogens (tertiary/aromatic N) is 2. The maximum Gasteiger partial charge on any atom is 0.320 e. The number of rotatable bonds is 8. The zero-order chi connectivity index (χ0) is 18.7. The summed E-state index contributed by atoms with van der Waals surface area (Å²) in [6, 6.07) is 0. The molecule has 0 aromatic rings. The molecule has 1 heterocycles. The average molecular weight is 357 g/mol. The van der Waals surface area contributed by atoms with Crippen molar-refractivity contribution >= 4 is 11.9 Å². The van der Waals surface area contributed by atoms with Crippen LogP contribution >= 0.6 is 0 Å². The molecule has 0 aromatic carbocycles. The largest absolute Gasteiger partial charge is 0.464 e. The van der Waals surface area contributed by atoms with Gasteiger partial charge in [0.05, 0.1) is 26.3 Å². The minimum atomic E-state index is -0.184. The summed E-state index contributed by atoms with van der Waals surface area (Å²) in [4.78, 5) is 28.0. The summed E-state index contributed by atoms with van der Waals surface area (Å²) in [5, 5.41) is 3.35. The van der Waals surface area contributed by atoms with Crippen LogP contribution in [-0.2, 0) is 19.1 Å². The SMILES string of the molecule is CC(C)COC(=O)CN1CCNCCN(CC(=O)OCC(C)C)CC1. The molecule has 7 heteroatoms. The third-order valence-electron chi connectivity index (χ3n) is 3.80. The van der Waals surface area contributed by atoms with Gasteiger partial charge in [0, 0.05) is 39.3 Å². The Morgan fingerprint density at radius 3 is 1.56 bits per heavy atom. The fourth-order valence-electron chi connectivity index (χ4n) is 2.40. The molecule has 1 rings (SSSR count). The van der Waals surface area contributed by atoms with Crippen LogP contribution in [0.5, 0.6) is 0 Å². The number of ether oxygens (including phenoxy) is 2. The van der Waals surface area contributed by atoms with E-state index in [1.807, 2.05) is 27.7 Å². The summed E-state index contributed by atoms with van der Waals surface area (Å²) in [5.74, 6) is 0.314. The van der Waals surface area contributed by atoms with Crippen LogP contribution in [-0.4, -0.2) is 87.3 Å². The van der Waals surface area contributed by atoms with Crippen molar-refractivity contribution in [2.45, 2.75) is 27.7 Å². The van der Waals surface area contributed by atoms with E-state index >= 15 is 0 Å². The molecular weight excluding hydrogens is 322 g/mol. The molecular formula is C18H35N3O4. The molecule has 0 aliphatic carbocycles. The molecule has 0 spiro atoms. The van der Waals surface area contributed by atoms with Crippen LogP contribution in [0.3, 0.4) is 0 Å². The Hall–Kier alpha value is -1.18. The van der Waals surface area contributed by atoms with Gasteiger partial charge in [0.15, 0.2) is 0 Å². The molecule has 1 N–H and O–H groups in total. The predicted octanol–water partition coefficient (Wildman–Crippen LogP) is 0.592. The highest BCUT2D eigenvalue weighted by Gasteiger charge is 2.18. The van der Waals surface area contributed by atoms with Gasteiger partial charge in [0.25, 0.3) is 0 Å². The standard InChI is InChI=1S/C18H35N3O4/c1-15(2)13-24-17(22)11-20-7-5-19-6-8-21(10-9-20)12-18(23)25-14-16(3)4/h15-16,19H,5-14H2,1-4H3. The van der Waals surface area contributed by atoms with E-state index in [0.717, 1.165) is 39.3 Å². The molecule has 0 bridgehead atoms. The van der Waals surface area contributed by atoms with Crippen LogP contribution in [0.2, 0.25) is 0 Å². The normalized spacial score (nSPS) is 17.8. The second-order valence-electron chi connectivity index (χ2n) is 7.46. The second kappa shape index (κ2) is 12.2. The van der Waals surface area contributed by atoms with Crippen molar-refractivity contribution in [1.29, 1.82) is 0 Å². The van der Waals surface area contributed by atoms with E-state index in [4.69, 9.17) is 9.47 Å². The zero-order valence-electron chi connectivity index (χ0n) is 16.3. The smallest absolute Gasteiger partial charge is 0.320 e. The van der Waals surface area contributed by atoms with E-state index in [1.165, 1.54) is 0 Å². The van der Waals surface area contributed by atoms with Gasteiger partial charge < -0.3 is 14.8 Å². The summed E-state index contributed by atoms with van der Waals surface area (Å²) >= 11 is 0. The molecule has 1 fully saturated rings. The molecule has 1 aliphatic rings. The van der Waals surface area contributed by atoms with Crippen LogP contribution in [0.1, 0.15) is 27.7 Å². The van der Waals surface area contributed by atoms with Gasteiger partial charge in [-0.1, -0.05) is 27.7 Å². The zero-order valence-corrected chi connectivity index (χ0v) is 16.3. The third kappa shape index (κ3) is 11.1. The lowest BCUT2D eigenvalue weighted by Crippen LogP contribution is -2.41. The minimum Gasteiger partial charge on any atom is -0.464 e. The first kappa shape index (κ1) is 21.9. The maximum absolute atomic E-state index is 11.9. The van der Waals surface area contributed by atoms with Crippen LogP contribution in [0.15, 0.2) is 0 Å². The van der Waals surface area contributed by atoms with Crippen LogP contribution in [0, 0.1) is 11.8 Å². The van der Waals surface area contributed by atoms with Gasteiger partial charge in [-0.25, -0.2) is 0 Å². The van der Waals surface area contributed by atoms with Crippen molar-refractivity contribution in [1.82, 2.24) is 15.1 Å². The Bertz CT molecular complexity index is 366. The molecule has 25 heavy (non-hydrogen) atoms. The number of esters is 2. The van der Waals surface area contributed by atoms with Gasteiger partial charge in [-0.2, -0.15) is 0 Å². The first-order valence-corrected chi connectivity index (χ1v) is 9.33. The Balaban J connectivity index is 2.42. The average Bonchev–Trinajstić information content (AvgIpc) is 2.64. The van der Waals surface area contributed by atoms with Gasteiger partial charge >= 0.3 is 11.9 Å². The predicted molar refractivity (Wildman–Crippen MR) is 97.3 cm³/mol. The third-order valence-corrected chi connectivity index (χ3v) is 3.80. The molecule has 0 aromatic heterocycles. The second-order valence-corrected chi connectivity index (χ2v) is 7.46. The van der Waals surface area contributed by atoms with E-state index in [2.05, 4.69) is 15.1 Å². The summed E-state index contributed by atoms with van der Waals surface area (Å²) < 4.78 is 10.5. The number of hydrogen-bond donors (Lipinski definition) is 1. The highest BCUT2D eigenvalue weighted by atomic mass is 16.5. The highest BCUT2D eigenvalue weighted by Crippen LogP contribution is 2.00. The van der Waals surface area contributed by atoms with E-state index in [9.17, 15) is 9.59 Å². The van der Waals surface area contributed by atoms with Crippen molar-refractivity contribution in [3.8, 4) is 0 Å². The monoisotopic (exact) mass is 357 g/mol. The minimum absolute atomic E-state index is 0.184. The molecule has 1 saturated heterocycles. The molecule has 0 saturated carbocycles. The van der Waals surface area contributed by atoms with Crippen molar-refractivity contribution < 1.29 is 19.1 Å². The fraction of sp³-hybridized carbons (Fsp3) is 0.889. The van der Waals surface area contributed by atoms with E-state index in [0.29, 0.717) is 38.1 Å². The van der Waals surface area contributed by atoms with Crippen molar-refractivity contribution in [2.24, 2.45) is 11.8 Å². The Labute approximate surface area is 152 Å². The molecule has 0 radical (unpaired) electrons. The maximum atomic E-state index is 11.9. The summed E-state index contributed by atoms with van der Waals surface area (Å²) in [7, 11) is 0. The Kier molecular flexibility index (Phi) is 10.7. The van der Waals surface area contributed by atoms with Crippen LogP contribution in [0.4, 0.5) is 0 Å². The molecule has 7 nitrogen and oxygen atoms in total. The number of hydrogen-bond acceptors (Lipinski definition) is 7. The highest BCUT2D eigenvalue weighted by molar-refractivity contribution is 5.72. The number of carbonyl (C=O) groups excluding carboxylic acids is 2. The molecule has 1 aliphatic heterocycles. The molecule has 0 amide bonds. The number of carbonyl (C=O) groups is 2. The first-order chi connectivity index (χ1) is 11.9. The van der Waals surface area contributed by atoms with Gasteiger partial charge in [0.1, 0.15) is 0 Å². The lowest BCUT2D eigenvalue weighted by molar-refractivity contribution is -0.147. The first-order valence-electron chi connectivity index (χ1n) is 9.33. The summed E-state index contributed by atoms with van der Waals surface area (Å²) in [6.07, 6.45) is 0. The topological polar surface area (TPSA) is 71.1 Å². The van der Waals surface area contributed by atoms with E-state index < -0.39 is 0 Å². The summed E-state index contributed by atoms with van der Waals surface area (Å²) in [5.41, 5.74) is 0. The van der Waals surface area contributed by atoms with Gasteiger partial charge in [0.2, 0.25) is 0 Å². The fourth-order valence-corrected chi connectivity index (χ4v) is 2.40. The molecule has 0 atom stereocenters. The molecule has 0 unspecified atom stereocenters. The van der Waals surface area contributed by atoms with Crippen molar-refractivity contribution in [2.75, 3.05) is 65.6 Å².